The number of carbonyl (C=O) groups excluding carboxylic acids is 2. The monoisotopic (exact) mass is 2110 g/mol. The van der Waals surface area contributed by atoms with Gasteiger partial charge in [0.1, 0.15) is 0 Å². The fraction of sp³-hybridized carbons (Fsp3) is 0.982. The third-order valence-electron chi connectivity index (χ3n) is 25.1. The van der Waals surface area contributed by atoms with Crippen LogP contribution in [0.5, 0.6) is 0 Å². The van der Waals surface area contributed by atoms with Crippen LogP contribution in [0.1, 0.15) is 478 Å². The molecule has 146 heavy (non-hydrogen) atoms. The van der Waals surface area contributed by atoms with Gasteiger partial charge in [0.2, 0.25) is 12.6 Å². The predicted octanol–water partition coefficient (Wildman–Crippen LogP) is 20.3. The van der Waals surface area contributed by atoms with E-state index in [4.69, 9.17) is 100 Å². The van der Waals surface area contributed by atoms with Crippen molar-refractivity contribution in [1.29, 1.82) is 0 Å². The van der Waals surface area contributed by atoms with Gasteiger partial charge in [0.15, 0.2) is 75.5 Å². The molecule has 0 aromatic heterocycles. The number of aliphatic hydroxyl groups is 12. The van der Waals surface area contributed by atoms with Crippen molar-refractivity contribution < 1.29 is 171 Å². The van der Waals surface area contributed by atoms with Gasteiger partial charge in [0.05, 0.1) is 112 Å². The fourth-order valence-electron chi connectivity index (χ4n) is 16.2. The summed E-state index contributed by atoms with van der Waals surface area (Å²) in [4.78, 5) is 47.2. The number of unbranched alkanes of at least 4 members (excludes halogenated alkanes) is 48. The van der Waals surface area contributed by atoms with Gasteiger partial charge in [-0.15, -0.1) is 0 Å². The molecule has 0 aliphatic rings. The van der Waals surface area contributed by atoms with E-state index in [1.807, 2.05) is 13.8 Å². The van der Waals surface area contributed by atoms with Gasteiger partial charge in [0.25, 0.3) is 0 Å². The summed E-state index contributed by atoms with van der Waals surface area (Å²) in [6.45, 7) is 12.8. The van der Waals surface area contributed by atoms with E-state index in [9.17, 15) is 70.9 Å². The van der Waals surface area contributed by atoms with Crippen LogP contribution in [-0.2, 0) is 110 Å². The average molecular weight is 2110 g/mol. The maximum atomic E-state index is 12.8. The van der Waals surface area contributed by atoms with E-state index >= 15 is 0 Å². The molecule has 0 radical (unpaired) electrons. The summed E-state index contributed by atoms with van der Waals surface area (Å²) in [5.74, 6) is -1.02. The Bertz CT molecular complexity index is 2590. The quantitative estimate of drug-likeness (QED) is 0.00884. The van der Waals surface area contributed by atoms with Gasteiger partial charge < -0.3 is 142 Å². The maximum Gasteiger partial charge on any atom is 0.308 e. The van der Waals surface area contributed by atoms with Crippen molar-refractivity contribution >= 4 is 11.9 Å². The number of rotatable bonds is 123. The minimum atomic E-state index is -1.68. The molecular formula is C111H220O35. The zero-order valence-electron chi connectivity index (χ0n) is 92.6. The van der Waals surface area contributed by atoms with Gasteiger partial charge in [-0.25, -0.2) is 19.6 Å². The molecule has 0 saturated carbocycles. The average Bonchev–Trinajstić information content (AvgIpc) is 0.886. The molecule has 12 N–H and O–H groups in total. The number of esters is 2. The van der Waals surface area contributed by atoms with Crippen LogP contribution < -0.4 is 0 Å². The van der Waals surface area contributed by atoms with E-state index in [1.165, 1.54) is 244 Å². The Labute approximate surface area is 882 Å². The smallest absolute Gasteiger partial charge is 0.308 e. The van der Waals surface area contributed by atoms with Gasteiger partial charge >= 0.3 is 11.9 Å². The summed E-state index contributed by atoms with van der Waals surface area (Å²) in [5, 5.41) is 121. The minimum Gasteiger partial charge on any atom is -0.436 e. The van der Waals surface area contributed by atoms with Crippen LogP contribution in [0.15, 0.2) is 0 Å². The molecule has 0 bridgehead atoms. The molecule has 874 valence electrons. The first-order chi connectivity index (χ1) is 71.1. The Hall–Kier alpha value is -2.30. The molecule has 0 rings (SSSR count). The zero-order chi connectivity index (χ0) is 107. The van der Waals surface area contributed by atoms with Gasteiger partial charge in [-0.3, -0.25) is 9.59 Å². The highest BCUT2D eigenvalue weighted by Crippen LogP contribution is 2.25. The minimum absolute atomic E-state index is 0.00584. The molecule has 0 fully saturated rings. The summed E-state index contributed by atoms with van der Waals surface area (Å²) < 4.78 is 104. The lowest BCUT2D eigenvalue weighted by Crippen LogP contribution is -2.38. The first kappa shape index (κ1) is 144. The lowest BCUT2D eigenvalue weighted by atomic mass is 9.94. The summed E-state index contributed by atoms with van der Waals surface area (Å²) in [6, 6.07) is 0. The van der Waals surface area contributed by atoms with Crippen LogP contribution in [0.4, 0.5) is 0 Å². The third-order valence-corrected chi connectivity index (χ3v) is 25.1. The molecular weight excluding hydrogens is 1890 g/mol. The summed E-state index contributed by atoms with van der Waals surface area (Å²) in [6.07, 6.45) is 44.6. The van der Waals surface area contributed by atoms with Crippen molar-refractivity contribution in [2.24, 2.45) is 5.41 Å². The third kappa shape index (κ3) is 106. The Morgan fingerprint density at radius 1 is 0.205 bits per heavy atom. The highest BCUT2D eigenvalue weighted by Gasteiger charge is 2.30. The SMILES string of the molecule is CCCCCCCCCCCCCCCOOC(O)CCCOC(CCOC(COCC(C)(COCC)COCC(OCCC(OCCC(O)O)OCCC(O)O)OCCC(OCCCC(O)O)OCCC(O)OC(=O)CCCCCCCCCCCCCCC)OCCC(OCCC(O)O)OCCC(O)OC(=O)CCCCCCCCCCCCCCC)OCCC(O)OOCCCCCCCCCCCCCCC. The Balaban J connectivity index is 6.95. The van der Waals surface area contributed by atoms with E-state index in [0.717, 1.165) is 77.0 Å². The van der Waals surface area contributed by atoms with Crippen LogP contribution in [0, 0.1) is 5.41 Å². The number of carbonyl (C=O) groups is 2. The number of ether oxygens (including phenoxy) is 17. The van der Waals surface area contributed by atoms with Crippen LogP contribution in [0.3, 0.4) is 0 Å². The van der Waals surface area contributed by atoms with Crippen LogP contribution in [0.2, 0.25) is 0 Å². The number of hydrogen-bond acceptors (Lipinski definition) is 35. The highest BCUT2D eigenvalue weighted by molar-refractivity contribution is 5.69. The fourth-order valence-corrected chi connectivity index (χ4v) is 16.2. The van der Waals surface area contributed by atoms with Gasteiger partial charge in [0, 0.05) is 115 Å². The topological polar surface area (TPSA) is 471 Å². The second-order valence-corrected chi connectivity index (χ2v) is 39.7. The van der Waals surface area contributed by atoms with Crippen molar-refractivity contribution in [3.05, 3.63) is 0 Å². The Kier molecular flexibility index (Phi) is 109. The largest absolute Gasteiger partial charge is 0.436 e. The molecule has 10 unspecified atom stereocenters. The van der Waals surface area contributed by atoms with Gasteiger partial charge in [-0.05, 0) is 45.4 Å². The molecule has 0 aromatic carbocycles. The normalized spacial score (nSPS) is 14.5. The summed E-state index contributed by atoms with van der Waals surface area (Å²) in [7, 11) is 0. The molecule has 0 spiro atoms. The molecule has 0 saturated heterocycles. The van der Waals surface area contributed by atoms with E-state index < -0.39 is 105 Å². The lowest BCUT2D eigenvalue weighted by molar-refractivity contribution is -0.373. The molecule has 35 nitrogen and oxygen atoms in total. The molecule has 0 aliphatic heterocycles. The second kappa shape index (κ2) is 111. The van der Waals surface area contributed by atoms with Gasteiger partial charge in [-0.2, -0.15) is 0 Å². The van der Waals surface area contributed by atoms with Crippen molar-refractivity contribution in [1.82, 2.24) is 0 Å². The Morgan fingerprint density at radius 2 is 0.418 bits per heavy atom. The number of hydrogen-bond donors (Lipinski definition) is 12. The van der Waals surface area contributed by atoms with Crippen molar-refractivity contribution in [2.45, 2.75) is 566 Å². The van der Waals surface area contributed by atoms with Crippen LogP contribution in [0.25, 0.3) is 0 Å². The van der Waals surface area contributed by atoms with E-state index in [2.05, 4.69) is 27.7 Å². The summed E-state index contributed by atoms with van der Waals surface area (Å²) >= 11 is 0. The van der Waals surface area contributed by atoms with Crippen LogP contribution >= 0.6 is 0 Å². The van der Waals surface area contributed by atoms with Crippen LogP contribution in [-0.4, -0.2) is 293 Å². The first-order valence-electron chi connectivity index (χ1n) is 58.3. The molecule has 0 aromatic rings. The second-order valence-electron chi connectivity index (χ2n) is 39.7. The molecule has 0 aliphatic carbocycles. The van der Waals surface area contributed by atoms with Crippen molar-refractivity contribution in [2.75, 3.05) is 132 Å². The van der Waals surface area contributed by atoms with Crippen molar-refractivity contribution in [3.63, 3.8) is 0 Å². The number of aliphatic hydroxyl groups excluding tert-OH is 8. The van der Waals surface area contributed by atoms with E-state index in [0.29, 0.717) is 39.1 Å². The lowest BCUT2D eigenvalue weighted by Gasteiger charge is -2.31. The van der Waals surface area contributed by atoms with E-state index in [-0.39, 0.29) is 209 Å². The zero-order valence-corrected chi connectivity index (χ0v) is 92.6. The van der Waals surface area contributed by atoms with Crippen molar-refractivity contribution in [3.8, 4) is 0 Å². The van der Waals surface area contributed by atoms with Gasteiger partial charge in [-0.1, -0.05) is 343 Å². The molecule has 0 amide bonds. The standard InChI is InChI=1S/C111H220O35/c1-7-12-16-20-24-28-32-36-40-44-48-52-56-63-99(120)143-101(122)69-83-134-105(129-76-60-62-95(112)113)72-86-137-109(139-88-74-107(131-80-66-96(114)115)132-81-67-97(116)117)90-127-93-111(6,92-126-11-5)94-128-91-110(140-89-75-108(133-82-68-98(118)119)135-84-70-102(123)144-100(121)64-57-53-49-45-41-37-33-29-25-21-17-13-8-2)138-87-73-106(136-85-71-104(125)146-142-79-59-55-51-47-43-39-35-31-27-23-19-15-10-4)130-77-61-65-103(124)145-141-78-58-54-50-46-42-38-34-30-26-22-18-14-9-3/h95-98,101-110,112-119,122-125H,7-94H2,1-6H3. The highest BCUT2D eigenvalue weighted by atomic mass is 17.2. The molecule has 0 heterocycles. The molecule has 10 atom stereocenters. The summed E-state index contributed by atoms with van der Waals surface area (Å²) in [5.41, 5.74) is -0.892. The van der Waals surface area contributed by atoms with E-state index in [1.54, 1.807) is 0 Å². The Morgan fingerprint density at radius 3 is 0.685 bits per heavy atom. The first-order valence-corrected chi connectivity index (χ1v) is 58.3. The maximum absolute atomic E-state index is 12.8. The predicted molar refractivity (Wildman–Crippen MR) is 560 cm³/mol. The molecule has 35 heteroatoms.